The van der Waals surface area contributed by atoms with Gasteiger partial charge in [-0.25, -0.2) is 4.79 Å². The Morgan fingerprint density at radius 3 is 2.30 bits per heavy atom. The fourth-order valence-corrected chi connectivity index (χ4v) is 1.87. The van der Waals surface area contributed by atoms with Crippen LogP contribution in [0.15, 0.2) is 30.3 Å². The number of urea groups is 1. The number of rotatable bonds is 6. The van der Waals surface area contributed by atoms with Crippen LogP contribution in [0.25, 0.3) is 0 Å². The van der Waals surface area contributed by atoms with Crippen LogP contribution in [0.1, 0.15) is 31.9 Å². The van der Waals surface area contributed by atoms with E-state index in [1.165, 1.54) is 13.8 Å². The van der Waals surface area contributed by atoms with Crippen LogP contribution >= 0.6 is 0 Å². The summed E-state index contributed by atoms with van der Waals surface area (Å²) >= 11 is 0. The standard InChI is InChI=1S/C15H19N3O5/c1-9(14(21)18-15(16)22)23-13(20)8-12(17-10(2)19)11-6-4-3-5-7-11/h3-7,9,12H,8H2,1-2H3,(H,17,19)(H3,16,18,21,22)/t9-,12+/m0/s1. The first-order valence-electron chi connectivity index (χ1n) is 6.91. The van der Waals surface area contributed by atoms with Crippen molar-refractivity contribution >= 4 is 23.8 Å². The molecule has 8 heteroatoms. The number of esters is 1. The molecular weight excluding hydrogens is 302 g/mol. The molecule has 0 aliphatic heterocycles. The van der Waals surface area contributed by atoms with E-state index in [9.17, 15) is 19.2 Å². The Labute approximate surface area is 133 Å². The molecule has 0 aliphatic rings. The van der Waals surface area contributed by atoms with Crippen LogP contribution in [0.3, 0.4) is 0 Å². The zero-order chi connectivity index (χ0) is 17.4. The molecule has 0 saturated heterocycles. The van der Waals surface area contributed by atoms with Gasteiger partial charge in [0.2, 0.25) is 5.91 Å². The van der Waals surface area contributed by atoms with Crippen molar-refractivity contribution < 1.29 is 23.9 Å². The topological polar surface area (TPSA) is 128 Å². The SMILES string of the molecule is CC(=O)N[C@H](CC(=O)O[C@@H](C)C(=O)NC(N)=O)c1ccccc1. The van der Waals surface area contributed by atoms with E-state index in [4.69, 9.17) is 10.5 Å². The van der Waals surface area contributed by atoms with Gasteiger partial charge in [-0.3, -0.25) is 19.7 Å². The van der Waals surface area contributed by atoms with Crippen LogP contribution in [0.4, 0.5) is 4.79 Å². The number of nitrogens with two attached hydrogens (primary N) is 1. The highest BCUT2D eigenvalue weighted by Gasteiger charge is 2.23. The van der Waals surface area contributed by atoms with E-state index in [1.54, 1.807) is 24.3 Å². The highest BCUT2D eigenvalue weighted by atomic mass is 16.5. The lowest BCUT2D eigenvalue weighted by atomic mass is 10.0. The second kappa shape index (κ2) is 8.52. The fraction of sp³-hybridized carbons (Fsp3) is 0.333. The average Bonchev–Trinajstić information content (AvgIpc) is 2.46. The Morgan fingerprint density at radius 2 is 1.78 bits per heavy atom. The summed E-state index contributed by atoms with van der Waals surface area (Å²) in [6.07, 6.45) is -1.33. The van der Waals surface area contributed by atoms with Crippen molar-refractivity contribution in [2.75, 3.05) is 0 Å². The lowest BCUT2D eigenvalue weighted by Gasteiger charge is -2.19. The summed E-state index contributed by atoms with van der Waals surface area (Å²) in [6, 6.07) is 7.28. The van der Waals surface area contributed by atoms with Crippen LogP contribution in [-0.4, -0.2) is 29.9 Å². The maximum Gasteiger partial charge on any atom is 0.318 e. The molecule has 0 aromatic heterocycles. The van der Waals surface area contributed by atoms with Gasteiger partial charge in [0.15, 0.2) is 6.10 Å². The van der Waals surface area contributed by atoms with Crippen molar-refractivity contribution in [3.8, 4) is 0 Å². The van der Waals surface area contributed by atoms with Crippen molar-refractivity contribution in [3.63, 3.8) is 0 Å². The molecule has 4 N–H and O–H groups in total. The molecular formula is C15H19N3O5. The third-order valence-corrected chi connectivity index (χ3v) is 2.87. The Hall–Kier alpha value is -2.90. The Balaban J connectivity index is 2.68. The van der Waals surface area contributed by atoms with E-state index in [1.807, 2.05) is 11.4 Å². The van der Waals surface area contributed by atoms with E-state index >= 15 is 0 Å². The molecule has 0 radical (unpaired) electrons. The van der Waals surface area contributed by atoms with Crippen LogP contribution in [0.2, 0.25) is 0 Å². The summed E-state index contributed by atoms with van der Waals surface area (Å²) in [5.41, 5.74) is 5.55. The highest BCUT2D eigenvalue weighted by molar-refractivity contribution is 5.96. The number of benzene rings is 1. The van der Waals surface area contributed by atoms with Gasteiger partial charge in [-0.15, -0.1) is 0 Å². The third kappa shape index (κ3) is 6.60. The number of imide groups is 1. The first kappa shape index (κ1) is 18.1. The minimum absolute atomic E-state index is 0.155. The molecule has 124 valence electrons. The van der Waals surface area contributed by atoms with Crippen LogP contribution in [0.5, 0.6) is 0 Å². The Morgan fingerprint density at radius 1 is 1.17 bits per heavy atom. The summed E-state index contributed by atoms with van der Waals surface area (Å²) in [6.45, 7) is 2.65. The van der Waals surface area contributed by atoms with Crippen molar-refractivity contribution in [1.82, 2.24) is 10.6 Å². The molecule has 0 bridgehead atoms. The fourth-order valence-electron chi connectivity index (χ4n) is 1.87. The number of primary amides is 1. The summed E-state index contributed by atoms with van der Waals surface area (Å²) in [5.74, 6) is -1.81. The van der Waals surface area contributed by atoms with Gasteiger partial charge in [0.25, 0.3) is 5.91 Å². The van der Waals surface area contributed by atoms with Gasteiger partial charge in [0.1, 0.15) is 0 Å². The molecule has 1 aromatic carbocycles. The van der Waals surface area contributed by atoms with Crippen molar-refractivity contribution in [2.24, 2.45) is 5.73 Å². The lowest BCUT2D eigenvalue weighted by Crippen LogP contribution is -2.42. The van der Waals surface area contributed by atoms with Gasteiger partial charge >= 0.3 is 12.0 Å². The van der Waals surface area contributed by atoms with Crippen LogP contribution in [-0.2, 0) is 19.1 Å². The smallest absolute Gasteiger partial charge is 0.318 e. The number of hydrogen-bond donors (Lipinski definition) is 3. The van der Waals surface area contributed by atoms with E-state index in [-0.39, 0.29) is 12.3 Å². The van der Waals surface area contributed by atoms with Crippen molar-refractivity contribution in [3.05, 3.63) is 35.9 Å². The molecule has 8 nitrogen and oxygen atoms in total. The molecule has 0 aliphatic carbocycles. The van der Waals surface area contributed by atoms with Crippen molar-refractivity contribution in [1.29, 1.82) is 0 Å². The first-order valence-corrected chi connectivity index (χ1v) is 6.91. The molecule has 23 heavy (non-hydrogen) atoms. The second-order valence-electron chi connectivity index (χ2n) is 4.85. The molecule has 2 atom stereocenters. The predicted octanol–water partition coefficient (Wildman–Crippen LogP) is 0.381. The maximum absolute atomic E-state index is 11.9. The van der Waals surface area contributed by atoms with Gasteiger partial charge in [0, 0.05) is 6.92 Å². The van der Waals surface area contributed by atoms with E-state index in [0.717, 1.165) is 5.56 Å². The monoisotopic (exact) mass is 321 g/mol. The second-order valence-corrected chi connectivity index (χ2v) is 4.85. The minimum atomic E-state index is -1.18. The van der Waals surface area contributed by atoms with Gasteiger partial charge in [0.05, 0.1) is 12.5 Å². The maximum atomic E-state index is 11.9. The zero-order valence-corrected chi connectivity index (χ0v) is 12.9. The van der Waals surface area contributed by atoms with Gasteiger partial charge < -0.3 is 15.8 Å². The quantitative estimate of drug-likeness (QED) is 0.653. The van der Waals surface area contributed by atoms with Gasteiger partial charge in [-0.05, 0) is 12.5 Å². The summed E-state index contributed by atoms with van der Waals surface area (Å²) in [4.78, 5) is 45.3. The number of ether oxygens (including phenoxy) is 1. The Kier molecular flexibility index (Phi) is 6.72. The number of carbonyl (C=O) groups is 4. The largest absolute Gasteiger partial charge is 0.452 e. The lowest BCUT2D eigenvalue weighted by molar-refractivity contribution is -0.155. The molecule has 0 unspecified atom stereocenters. The predicted molar refractivity (Wildman–Crippen MR) is 80.9 cm³/mol. The number of amides is 4. The first-order chi connectivity index (χ1) is 10.8. The zero-order valence-electron chi connectivity index (χ0n) is 12.9. The summed E-state index contributed by atoms with van der Waals surface area (Å²) < 4.78 is 4.94. The molecule has 1 aromatic rings. The number of hydrogen-bond acceptors (Lipinski definition) is 5. The average molecular weight is 321 g/mol. The molecule has 1 rings (SSSR count). The normalized spacial score (nSPS) is 12.6. The van der Waals surface area contributed by atoms with Crippen LogP contribution < -0.4 is 16.4 Å². The molecule has 0 fully saturated rings. The number of carbonyl (C=O) groups excluding carboxylic acids is 4. The molecule has 0 spiro atoms. The van der Waals surface area contributed by atoms with Crippen molar-refractivity contribution in [2.45, 2.75) is 32.4 Å². The van der Waals surface area contributed by atoms with Gasteiger partial charge in [-0.2, -0.15) is 0 Å². The van der Waals surface area contributed by atoms with E-state index < -0.39 is 30.1 Å². The van der Waals surface area contributed by atoms with E-state index in [2.05, 4.69) is 5.32 Å². The van der Waals surface area contributed by atoms with Gasteiger partial charge in [-0.1, -0.05) is 30.3 Å². The third-order valence-electron chi connectivity index (χ3n) is 2.87. The minimum Gasteiger partial charge on any atom is -0.452 e. The molecule has 0 heterocycles. The van der Waals surface area contributed by atoms with E-state index in [0.29, 0.717) is 0 Å². The summed E-state index contributed by atoms with van der Waals surface area (Å²) in [7, 11) is 0. The van der Waals surface area contributed by atoms with Crippen LogP contribution in [0, 0.1) is 0 Å². The summed E-state index contributed by atoms with van der Waals surface area (Å²) in [5, 5.41) is 4.47. The number of nitrogens with one attached hydrogen (secondary N) is 2. The highest BCUT2D eigenvalue weighted by Crippen LogP contribution is 2.17. The molecule has 4 amide bonds. The molecule has 0 saturated carbocycles. The Bertz CT molecular complexity index is 588.